The fourth-order valence-electron chi connectivity index (χ4n) is 3.40. The molecule has 0 bridgehead atoms. The molecule has 3 heterocycles. The van der Waals surface area contributed by atoms with Crippen LogP contribution in [0.2, 0.25) is 10.0 Å². The van der Waals surface area contributed by atoms with Gasteiger partial charge in [0, 0.05) is 17.0 Å². The molecule has 1 unspecified atom stereocenters. The Morgan fingerprint density at radius 2 is 1.93 bits per heavy atom. The van der Waals surface area contributed by atoms with Gasteiger partial charge in [-0.05, 0) is 23.8 Å². The summed E-state index contributed by atoms with van der Waals surface area (Å²) in [5.74, 6) is -1.40. The van der Waals surface area contributed by atoms with Crippen LogP contribution in [0.1, 0.15) is 32.1 Å². The molecule has 30 heavy (non-hydrogen) atoms. The molecule has 4 rings (SSSR count). The molecule has 1 aromatic carbocycles. The van der Waals surface area contributed by atoms with Crippen LogP contribution in [0.15, 0.2) is 23.4 Å². The zero-order valence-corrected chi connectivity index (χ0v) is 17.5. The van der Waals surface area contributed by atoms with Gasteiger partial charge >= 0.3 is 12.1 Å². The maximum atomic E-state index is 14.1. The number of carbonyl (C=O) groups excluding carboxylic acids is 1. The minimum absolute atomic E-state index is 0.0758. The Balaban J connectivity index is 1.60. The zero-order valence-electron chi connectivity index (χ0n) is 15.1. The monoisotopic (exact) mass is 482 g/mol. The van der Waals surface area contributed by atoms with Gasteiger partial charge in [-0.2, -0.15) is 13.2 Å². The van der Waals surface area contributed by atoms with Crippen LogP contribution in [0, 0.1) is 5.82 Å². The average Bonchev–Trinajstić information content (AvgIpc) is 3.37. The van der Waals surface area contributed by atoms with E-state index in [1.807, 2.05) is 0 Å². The molecule has 0 saturated carbocycles. The quantitative estimate of drug-likeness (QED) is 0.322. The van der Waals surface area contributed by atoms with Crippen molar-refractivity contribution in [3.05, 3.63) is 54.9 Å². The molecular weight excluding hydrogens is 471 g/mol. The van der Waals surface area contributed by atoms with Crippen LogP contribution in [-0.2, 0) is 28.3 Å². The molecule has 2 aliphatic heterocycles. The Morgan fingerprint density at radius 3 is 2.50 bits per heavy atom. The highest BCUT2D eigenvalue weighted by atomic mass is 35.5. The van der Waals surface area contributed by atoms with Crippen LogP contribution in [0.25, 0.3) is 0 Å². The first-order valence-corrected chi connectivity index (χ1v) is 10.0. The summed E-state index contributed by atoms with van der Waals surface area (Å²) in [6, 6.07) is 3.34. The Labute approximate surface area is 181 Å². The molecule has 2 aromatic rings. The molecule has 0 radical (unpaired) electrons. The van der Waals surface area contributed by atoms with E-state index < -0.39 is 45.6 Å². The fourth-order valence-corrected chi connectivity index (χ4v) is 4.99. The first-order valence-electron chi connectivity index (χ1n) is 8.47. The van der Waals surface area contributed by atoms with Crippen molar-refractivity contribution in [2.24, 2.45) is 5.16 Å². The third-order valence-electron chi connectivity index (χ3n) is 4.97. The van der Waals surface area contributed by atoms with E-state index in [1.54, 1.807) is 11.0 Å². The van der Waals surface area contributed by atoms with Crippen molar-refractivity contribution in [3.8, 4) is 0 Å². The number of benzene rings is 1. The molecule has 1 atom stereocenters. The first-order chi connectivity index (χ1) is 14.1. The van der Waals surface area contributed by atoms with Gasteiger partial charge < -0.3 is 14.5 Å². The Bertz CT molecular complexity index is 1030. The minimum atomic E-state index is -4.87. The minimum Gasteiger partial charge on any atom is -0.465 e. The van der Waals surface area contributed by atoms with Gasteiger partial charge in [0.1, 0.15) is 10.7 Å². The van der Waals surface area contributed by atoms with Crippen LogP contribution in [0.5, 0.6) is 0 Å². The molecule has 12 heteroatoms. The topological polar surface area (TPSA) is 51.1 Å². The Kier molecular flexibility index (Phi) is 5.14. The van der Waals surface area contributed by atoms with E-state index in [0.717, 1.165) is 22.6 Å². The number of hydrogen-bond acceptors (Lipinski definition) is 6. The van der Waals surface area contributed by atoms with Crippen LogP contribution in [0.4, 0.5) is 17.6 Å². The van der Waals surface area contributed by atoms with Crippen molar-refractivity contribution in [3.63, 3.8) is 0 Å². The number of halogens is 6. The number of thiophene rings is 1. The maximum Gasteiger partial charge on any atom is 0.435 e. The van der Waals surface area contributed by atoms with Gasteiger partial charge in [0.05, 0.1) is 30.1 Å². The van der Waals surface area contributed by atoms with Gasteiger partial charge in [-0.1, -0.05) is 28.4 Å². The highest BCUT2D eigenvalue weighted by Gasteiger charge is 2.63. The van der Waals surface area contributed by atoms with Crippen molar-refractivity contribution in [1.82, 2.24) is 4.90 Å². The highest BCUT2D eigenvalue weighted by Crippen LogP contribution is 2.50. The van der Waals surface area contributed by atoms with Gasteiger partial charge in [-0.3, -0.25) is 0 Å². The highest BCUT2D eigenvalue weighted by molar-refractivity contribution is 7.14. The van der Waals surface area contributed by atoms with Crippen molar-refractivity contribution >= 4 is 46.3 Å². The lowest BCUT2D eigenvalue weighted by atomic mass is 9.89. The van der Waals surface area contributed by atoms with E-state index in [1.165, 1.54) is 18.4 Å². The molecule has 0 amide bonds. The van der Waals surface area contributed by atoms with E-state index in [0.29, 0.717) is 4.88 Å². The van der Waals surface area contributed by atoms with E-state index in [9.17, 15) is 22.4 Å². The summed E-state index contributed by atoms with van der Waals surface area (Å²) in [5, 5.41) is 2.60. The lowest BCUT2D eigenvalue weighted by Crippen LogP contribution is -2.44. The number of methoxy groups -OCH3 is 1. The largest absolute Gasteiger partial charge is 0.465 e. The summed E-state index contributed by atoms with van der Waals surface area (Å²) >= 11 is 12.6. The number of alkyl halides is 3. The maximum absolute atomic E-state index is 14.1. The van der Waals surface area contributed by atoms with Gasteiger partial charge in [0.2, 0.25) is 0 Å². The molecule has 160 valence electrons. The Hall–Kier alpha value is -2.04. The van der Waals surface area contributed by atoms with Crippen LogP contribution in [0.3, 0.4) is 0 Å². The van der Waals surface area contributed by atoms with Crippen molar-refractivity contribution in [2.45, 2.75) is 31.3 Å². The smallest absolute Gasteiger partial charge is 0.435 e. The van der Waals surface area contributed by atoms with E-state index in [-0.39, 0.29) is 18.9 Å². The zero-order chi connectivity index (χ0) is 21.8. The second kappa shape index (κ2) is 7.28. The molecule has 2 aliphatic rings. The SMILES string of the molecule is COC(=O)c1cc2c(s1)CN(C1=NOC(c3cc(Cl)c(F)c(Cl)c3)(C(F)(F)F)C1)C2. The summed E-state index contributed by atoms with van der Waals surface area (Å²) in [4.78, 5) is 19.5. The third kappa shape index (κ3) is 3.30. The predicted molar refractivity (Wildman–Crippen MR) is 102 cm³/mol. The van der Waals surface area contributed by atoms with Gasteiger partial charge in [-0.15, -0.1) is 11.3 Å². The summed E-state index contributed by atoms with van der Waals surface area (Å²) in [6.45, 7) is 0.544. The number of esters is 1. The molecule has 1 aromatic heterocycles. The first kappa shape index (κ1) is 21.2. The predicted octanol–water partition coefficient (Wildman–Crippen LogP) is 5.49. The lowest BCUT2D eigenvalue weighted by molar-refractivity contribution is -0.275. The van der Waals surface area contributed by atoms with E-state index >= 15 is 0 Å². The van der Waals surface area contributed by atoms with E-state index in [2.05, 4.69) is 9.89 Å². The standard InChI is InChI=1S/C18H12Cl2F4N2O3S/c1-28-16(27)12-2-8-6-26(7-13(8)30-12)14-5-17(29-25-14,18(22,23)24)9-3-10(19)15(21)11(20)4-9/h2-4H,5-7H2,1H3. The summed E-state index contributed by atoms with van der Waals surface area (Å²) in [6.07, 6.45) is -5.50. The number of oxime groups is 1. The molecule has 0 saturated heterocycles. The van der Waals surface area contributed by atoms with Crippen molar-refractivity contribution in [1.29, 1.82) is 0 Å². The van der Waals surface area contributed by atoms with E-state index in [4.69, 9.17) is 28.0 Å². The number of carbonyl (C=O) groups is 1. The average molecular weight is 483 g/mol. The number of nitrogens with zero attached hydrogens (tertiary/aromatic N) is 2. The normalized spacial score (nSPS) is 20.8. The second-order valence-electron chi connectivity index (χ2n) is 6.76. The third-order valence-corrected chi connectivity index (χ3v) is 6.66. The van der Waals surface area contributed by atoms with Crippen LogP contribution >= 0.6 is 34.5 Å². The molecule has 0 spiro atoms. The Morgan fingerprint density at radius 1 is 1.27 bits per heavy atom. The fraction of sp³-hybridized carbons (Fsp3) is 0.333. The molecule has 0 fully saturated rings. The summed E-state index contributed by atoms with van der Waals surface area (Å²) < 4.78 is 60.6. The summed E-state index contributed by atoms with van der Waals surface area (Å²) in [5.41, 5.74) is -2.47. The number of ether oxygens (including phenoxy) is 1. The summed E-state index contributed by atoms with van der Waals surface area (Å²) in [7, 11) is 1.27. The molecule has 5 nitrogen and oxygen atoms in total. The number of rotatable bonds is 2. The number of fused-ring (bicyclic) bond motifs is 1. The van der Waals surface area contributed by atoms with Crippen molar-refractivity contribution < 1.29 is 31.9 Å². The number of hydrogen-bond donors (Lipinski definition) is 0. The van der Waals surface area contributed by atoms with Gasteiger partial charge in [0.25, 0.3) is 5.60 Å². The lowest BCUT2D eigenvalue weighted by Gasteiger charge is -2.30. The van der Waals surface area contributed by atoms with Crippen LogP contribution in [-0.4, -0.2) is 30.0 Å². The van der Waals surface area contributed by atoms with Gasteiger partial charge in [0.15, 0.2) is 5.82 Å². The van der Waals surface area contributed by atoms with Crippen molar-refractivity contribution in [2.75, 3.05) is 7.11 Å². The molecule has 0 N–H and O–H groups in total. The van der Waals surface area contributed by atoms with Crippen LogP contribution < -0.4 is 0 Å². The van der Waals surface area contributed by atoms with Gasteiger partial charge in [-0.25, -0.2) is 9.18 Å². The molecular formula is C18H12Cl2F4N2O3S. The molecule has 0 aliphatic carbocycles. The second-order valence-corrected chi connectivity index (χ2v) is 8.71. The number of amidine groups is 1.